The van der Waals surface area contributed by atoms with Crippen LogP contribution in [0.5, 0.6) is 0 Å². The summed E-state index contributed by atoms with van der Waals surface area (Å²) in [5, 5.41) is 1.94. The van der Waals surface area contributed by atoms with E-state index in [2.05, 4.69) is 9.72 Å². The fourth-order valence-corrected chi connectivity index (χ4v) is 1.53. The molecule has 0 bridgehead atoms. The Hall–Kier alpha value is -1.04. The van der Waals surface area contributed by atoms with Crippen molar-refractivity contribution < 1.29 is 14.3 Å². The molecule has 1 N–H and O–H groups in total. The molecule has 0 saturated carbocycles. The van der Waals surface area contributed by atoms with Gasteiger partial charge in [0.1, 0.15) is 0 Å². The summed E-state index contributed by atoms with van der Waals surface area (Å²) in [6.07, 6.45) is 1.65. The number of nitrogens with one attached hydrogen (secondary N) is 1. The summed E-state index contributed by atoms with van der Waals surface area (Å²) >= 11 is 17.1. The van der Waals surface area contributed by atoms with Gasteiger partial charge in [-0.2, -0.15) is 0 Å². The molecule has 5 nitrogen and oxygen atoms in total. The predicted molar refractivity (Wildman–Crippen MR) is 63.3 cm³/mol. The van der Waals surface area contributed by atoms with Crippen molar-refractivity contribution in [2.24, 2.45) is 0 Å². The largest absolute Gasteiger partial charge is 0.453 e. The van der Waals surface area contributed by atoms with E-state index < -0.39 is 15.8 Å². The molecule has 0 radical (unpaired) electrons. The van der Waals surface area contributed by atoms with Crippen LogP contribution < -0.4 is 5.32 Å². The zero-order valence-corrected chi connectivity index (χ0v) is 10.8. The minimum atomic E-state index is -1.79. The first-order valence-electron chi connectivity index (χ1n) is 4.26. The van der Waals surface area contributed by atoms with E-state index in [1.807, 2.05) is 5.32 Å². The van der Waals surface area contributed by atoms with Gasteiger partial charge < -0.3 is 4.74 Å². The standard InChI is InChI=1S/C9H7Cl3N2O3/c1-17-8(16)14-7(15)5-4-13-3-2-6(5)9(10,11)12/h2-4H,1H3,(H,14,15,16). The van der Waals surface area contributed by atoms with Crippen LogP contribution in [-0.2, 0) is 8.53 Å². The second-order valence-corrected chi connectivity index (χ2v) is 5.15. The van der Waals surface area contributed by atoms with Gasteiger partial charge in [0.15, 0.2) is 0 Å². The second-order valence-electron chi connectivity index (χ2n) is 2.86. The lowest BCUT2D eigenvalue weighted by Crippen LogP contribution is -2.31. The summed E-state index contributed by atoms with van der Waals surface area (Å²) in [4.78, 5) is 26.3. The van der Waals surface area contributed by atoms with Gasteiger partial charge in [0, 0.05) is 18.0 Å². The van der Waals surface area contributed by atoms with Crippen molar-refractivity contribution in [3.8, 4) is 0 Å². The van der Waals surface area contributed by atoms with Crippen molar-refractivity contribution in [3.05, 3.63) is 29.6 Å². The molecule has 8 heteroatoms. The van der Waals surface area contributed by atoms with E-state index >= 15 is 0 Å². The van der Waals surface area contributed by atoms with Gasteiger partial charge in [0.25, 0.3) is 5.91 Å². The van der Waals surface area contributed by atoms with Crippen LogP contribution in [0.15, 0.2) is 18.5 Å². The topological polar surface area (TPSA) is 68.3 Å². The monoisotopic (exact) mass is 296 g/mol. The first-order chi connectivity index (χ1) is 7.86. The lowest BCUT2D eigenvalue weighted by Gasteiger charge is -2.14. The van der Waals surface area contributed by atoms with Gasteiger partial charge in [0.05, 0.1) is 12.7 Å². The minimum absolute atomic E-state index is 0.0158. The van der Waals surface area contributed by atoms with Gasteiger partial charge >= 0.3 is 6.09 Å². The van der Waals surface area contributed by atoms with Crippen LogP contribution in [0.3, 0.4) is 0 Å². The number of imide groups is 1. The molecule has 17 heavy (non-hydrogen) atoms. The third-order valence-corrected chi connectivity index (χ3v) is 2.38. The van der Waals surface area contributed by atoms with E-state index in [-0.39, 0.29) is 11.1 Å². The Labute approximate surface area is 112 Å². The predicted octanol–water partition coefficient (Wildman–Crippen LogP) is 2.40. The number of alkyl carbamates (subject to hydrolysis) is 1. The molecule has 0 unspecified atom stereocenters. The molecule has 2 amide bonds. The number of hydrogen-bond acceptors (Lipinski definition) is 4. The Morgan fingerprint density at radius 3 is 2.59 bits per heavy atom. The Bertz CT molecular complexity index is 445. The molecular weight excluding hydrogens is 290 g/mol. The molecule has 0 spiro atoms. The van der Waals surface area contributed by atoms with E-state index in [0.717, 1.165) is 7.11 Å². The van der Waals surface area contributed by atoms with E-state index in [1.54, 1.807) is 0 Å². The quantitative estimate of drug-likeness (QED) is 0.808. The van der Waals surface area contributed by atoms with E-state index in [1.165, 1.54) is 18.5 Å². The number of hydrogen-bond donors (Lipinski definition) is 1. The molecule has 1 aromatic heterocycles. The first kappa shape index (κ1) is 14.0. The smallest absolute Gasteiger partial charge is 0.413 e. The van der Waals surface area contributed by atoms with Gasteiger partial charge in [-0.25, -0.2) is 4.79 Å². The van der Waals surface area contributed by atoms with Crippen LogP contribution in [0.2, 0.25) is 0 Å². The maximum atomic E-state index is 11.7. The van der Waals surface area contributed by atoms with Crippen LogP contribution >= 0.6 is 34.8 Å². The number of methoxy groups -OCH3 is 1. The van der Waals surface area contributed by atoms with Gasteiger partial charge in [-0.1, -0.05) is 34.8 Å². The highest BCUT2D eigenvalue weighted by Crippen LogP contribution is 2.39. The maximum Gasteiger partial charge on any atom is 0.413 e. The molecule has 1 heterocycles. The third kappa shape index (κ3) is 3.73. The number of rotatable bonds is 1. The summed E-state index contributed by atoms with van der Waals surface area (Å²) < 4.78 is 2.49. The minimum Gasteiger partial charge on any atom is -0.453 e. The molecule has 0 atom stereocenters. The van der Waals surface area contributed by atoms with Crippen molar-refractivity contribution in [1.29, 1.82) is 0 Å². The summed E-state index contributed by atoms with van der Waals surface area (Å²) in [6, 6.07) is 1.37. The molecular formula is C9H7Cl3N2O3. The molecule has 92 valence electrons. The lowest BCUT2D eigenvalue weighted by molar-refractivity contribution is 0.0935. The summed E-state index contributed by atoms with van der Waals surface area (Å²) in [6.45, 7) is 0. The third-order valence-electron chi connectivity index (χ3n) is 1.77. The van der Waals surface area contributed by atoms with Crippen LogP contribution in [0.25, 0.3) is 0 Å². The fraction of sp³-hybridized carbons (Fsp3) is 0.222. The average Bonchev–Trinajstić information content (AvgIpc) is 2.27. The maximum absolute atomic E-state index is 11.7. The van der Waals surface area contributed by atoms with Crippen LogP contribution in [0.1, 0.15) is 15.9 Å². The number of pyridine rings is 1. The number of carbonyl (C=O) groups excluding carboxylic acids is 2. The average molecular weight is 298 g/mol. The van der Waals surface area contributed by atoms with Crippen LogP contribution in [0, 0.1) is 0 Å². The highest BCUT2D eigenvalue weighted by molar-refractivity contribution is 6.67. The van der Waals surface area contributed by atoms with Gasteiger partial charge in [-0.3, -0.25) is 15.1 Å². The van der Waals surface area contributed by atoms with E-state index in [4.69, 9.17) is 34.8 Å². The molecule has 1 rings (SSSR count). The van der Waals surface area contributed by atoms with Crippen molar-refractivity contribution in [3.63, 3.8) is 0 Å². The Morgan fingerprint density at radius 1 is 1.41 bits per heavy atom. The Balaban J connectivity index is 3.06. The number of carbonyl (C=O) groups is 2. The molecule has 0 saturated heterocycles. The number of ether oxygens (including phenoxy) is 1. The van der Waals surface area contributed by atoms with E-state index in [9.17, 15) is 9.59 Å². The molecule has 0 fully saturated rings. The zero-order chi connectivity index (χ0) is 13.1. The molecule has 0 aliphatic carbocycles. The zero-order valence-electron chi connectivity index (χ0n) is 8.54. The first-order valence-corrected chi connectivity index (χ1v) is 5.40. The van der Waals surface area contributed by atoms with Gasteiger partial charge in [-0.15, -0.1) is 0 Å². The summed E-state index contributed by atoms with van der Waals surface area (Å²) in [7, 11) is 1.13. The number of amides is 2. The van der Waals surface area contributed by atoms with Crippen molar-refractivity contribution >= 4 is 46.8 Å². The molecule has 0 aliphatic heterocycles. The van der Waals surface area contributed by atoms with Crippen molar-refractivity contribution in [2.75, 3.05) is 7.11 Å². The van der Waals surface area contributed by atoms with Crippen LogP contribution in [-0.4, -0.2) is 24.1 Å². The van der Waals surface area contributed by atoms with E-state index in [0.29, 0.717) is 0 Å². The highest BCUT2D eigenvalue weighted by atomic mass is 35.6. The molecule has 0 aromatic carbocycles. The Morgan fingerprint density at radius 2 is 2.06 bits per heavy atom. The summed E-state index contributed by atoms with van der Waals surface area (Å²) in [5.41, 5.74) is 0.108. The SMILES string of the molecule is COC(=O)NC(=O)c1cnccc1C(Cl)(Cl)Cl. The highest BCUT2D eigenvalue weighted by Gasteiger charge is 2.29. The number of aromatic nitrogens is 1. The van der Waals surface area contributed by atoms with Gasteiger partial charge in [0.2, 0.25) is 3.79 Å². The molecule has 0 aliphatic rings. The molecule has 1 aromatic rings. The van der Waals surface area contributed by atoms with Crippen LogP contribution in [0.4, 0.5) is 4.79 Å². The van der Waals surface area contributed by atoms with Crippen molar-refractivity contribution in [2.45, 2.75) is 3.79 Å². The second kappa shape index (κ2) is 5.53. The van der Waals surface area contributed by atoms with Crippen molar-refractivity contribution in [1.82, 2.24) is 10.3 Å². The number of halogens is 3. The summed E-state index contributed by atoms with van der Waals surface area (Å²) in [5.74, 6) is -0.758. The number of alkyl halides is 3. The Kier molecular flexibility index (Phi) is 4.56. The fourth-order valence-electron chi connectivity index (χ4n) is 1.03. The lowest BCUT2D eigenvalue weighted by atomic mass is 10.1. The number of nitrogens with zero attached hydrogens (tertiary/aromatic N) is 1. The van der Waals surface area contributed by atoms with Gasteiger partial charge in [-0.05, 0) is 6.07 Å². The normalized spacial score (nSPS) is 10.8.